The van der Waals surface area contributed by atoms with Gasteiger partial charge in [0, 0.05) is 23.5 Å². The van der Waals surface area contributed by atoms with Crippen molar-refractivity contribution in [2.24, 2.45) is 0 Å². The molecule has 0 saturated heterocycles. The first-order valence-electron chi connectivity index (χ1n) is 10.7. The molecular weight excluding hydrogens is 469 g/mol. The summed E-state index contributed by atoms with van der Waals surface area (Å²) in [6.07, 6.45) is 4.45. The van der Waals surface area contributed by atoms with E-state index in [1.807, 2.05) is 0 Å². The highest BCUT2D eigenvalue weighted by atomic mass is 19.1. The lowest BCUT2D eigenvalue weighted by molar-refractivity contribution is 0.101. The summed E-state index contributed by atoms with van der Waals surface area (Å²) in [6, 6.07) is 10.6. The maximum Gasteiger partial charge on any atom is 0.280 e. The van der Waals surface area contributed by atoms with E-state index in [0.717, 1.165) is 10.2 Å². The predicted molar refractivity (Wildman–Crippen MR) is 130 cm³/mol. The Balaban J connectivity index is 1.52. The van der Waals surface area contributed by atoms with Gasteiger partial charge in [-0.15, -0.1) is 0 Å². The number of nitrogens with one attached hydrogen (secondary N) is 1. The van der Waals surface area contributed by atoms with Gasteiger partial charge in [0.05, 0.1) is 38.4 Å². The predicted octanol–water partition coefficient (Wildman–Crippen LogP) is 3.26. The highest BCUT2D eigenvalue weighted by Gasteiger charge is 2.18. The van der Waals surface area contributed by atoms with Crippen molar-refractivity contribution in [3.63, 3.8) is 0 Å². The molecule has 5 rings (SSSR count). The van der Waals surface area contributed by atoms with E-state index in [1.54, 1.807) is 24.4 Å². The van der Waals surface area contributed by atoms with Crippen molar-refractivity contribution in [3.05, 3.63) is 82.8 Å². The fraction of sp³-hybridized carbons (Fsp3) is 0.120. The van der Waals surface area contributed by atoms with Gasteiger partial charge in [0.2, 0.25) is 5.75 Å². The molecule has 0 saturated carbocycles. The van der Waals surface area contributed by atoms with Crippen LogP contribution < -0.4 is 25.2 Å². The van der Waals surface area contributed by atoms with Crippen LogP contribution in [0.1, 0.15) is 10.4 Å². The Bertz CT molecular complexity index is 1650. The number of fused-ring (bicyclic) bond motifs is 3. The summed E-state index contributed by atoms with van der Waals surface area (Å²) >= 11 is 0. The number of nitrogens with zero attached hydrogens (tertiary/aromatic N) is 4. The molecule has 2 aromatic carbocycles. The van der Waals surface area contributed by atoms with E-state index in [1.165, 1.54) is 62.5 Å². The molecule has 10 nitrogen and oxygen atoms in total. The van der Waals surface area contributed by atoms with Crippen LogP contribution in [0, 0.1) is 5.82 Å². The molecule has 182 valence electrons. The third-order valence-electron chi connectivity index (χ3n) is 5.70. The molecule has 0 radical (unpaired) electrons. The van der Waals surface area contributed by atoms with Gasteiger partial charge >= 0.3 is 0 Å². The largest absolute Gasteiger partial charge is 0.493 e. The molecule has 36 heavy (non-hydrogen) atoms. The maximum absolute atomic E-state index is 13.3. The normalized spacial score (nSPS) is 11.0. The summed E-state index contributed by atoms with van der Waals surface area (Å²) in [4.78, 5) is 30.5. The van der Waals surface area contributed by atoms with Gasteiger partial charge in [-0.25, -0.2) is 18.6 Å². The fourth-order valence-corrected chi connectivity index (χ4v) is 3.92. The molecule has 3 heterocycles. The Labute approximate surface area is 203 Å². The van der Waals surface area contributed by atoms with Crippen LogP contribution in [0.25, 0.3) is 27.7 Å². The van der Waals surface area contributed by atoms with Crippen LogP contribution in [0.3, 0.4) is 0 Å². The molecule has 0 aliphatic carbocycles. The molecule has 1 N–H and O–H groups in total. The van der Waals surface area contributed by atoms with E-state index in [0.29, 0.717) is 34.0 Å². The average Bonchev–Trinajstić information content (AvgIpc) is 3.34. The van der Waals surface area contributed by atoms with Crippen molar-refractivity contribution in [1.29, 1.82) is 0 Å². The summed E-state index contributed by atoms with van der Waals surface area (Å²) in [5.41, 5.74) is 4.70. The number of hydrogen-bond donors (Lipinski definition) is 1. The second-order valence-electron chi connectivity index (χ2n) is 7.70. The Hall–Kier alpha value is -4.93. The monoisotopic (exact) mass is 489 g/mol. The molecule has 11 heteroatoms. The van der Waals surface area contributed by atoms with Crippen LogP contribution >= 0.6 is 0 Å². The summed E-state index contributed by atoms with van der Waals surface area (Å²) in [6.45, 7) is 0. The van der Waals surface area contributed by atoms with Crippen molar-refractivity contribution in [2.75, 3.05) is 26.8 Å². The van der Waals surface area contributed by atoms with Crippen molar-refractivity contribution >= 4 is 22.5 Å². The van der Waals surface area contributed by atoms with Crippen LogP contribution in [-0.4, -0.2) is 46.5 Å². The lowest BCUT2D eigenvalue weighted by atomic mass is 10.1. The number of methoxy groups -OCH3 is 3. The molecule has 0 bridgehead atoms. The van der Waals surface area contributed by atoms with E-state index < -0.39 is 11.5 Å². The van der Waals surface area contributed by atoms with Gasteiger partial charge in [-0.05, 0) is 35.9 Å². The summed E-state index contributed by atoms with van der Waals surface area (Å²) in [5.74, 6) is 0.0316. The number of ether oxygens (including phenoxy) is 3. The average molecular weight is 489 g/mol. The standard InChI is InChI=1S/C25H20FN5O5/c1-34-20-10-15(11-21(35-2)22(20)36-3)24(32)29-30-9-8-19-18(25(30)33)12-27-23-17(13-28-31(19)23)14-4-6-16(26)7-5-14/h4-13H,1-3H3,(H,29,32). The molecular formula is C25H20FN5O5. The van der Waals surface area contributed by atoms with Crippen molar-refractivity contribution in [2.45, 2.75) is 0 Å². The van der Waals surface area contributed by atoms with Crippen LogP contribution in [0.15, 0.2) is 65.8 Å². The lowest BCUT2D eigenvalue weighted by Gasteiger charge is -2.14. The zero-order valence-electron chi connectivity index (χ0n) is 19.5. The second-order valence-corrected chi connectivity index (χ2v) is 7.70. The number of aromatic nitrogens is 4. The summed E-state index contributed by atoms with van der Waals surface area (Å²) < 4.78 is 31.8. The Morgan fingerprint density at radius 3 is 2.31 bits per heavy atom. The van der Waals surface area contributed by atoms with E-state index in [9.17, 15) is 14.0 Å². The first-order valence-corrected chi connectivity index (χ1v) is 10.7. The number of hydrogen-bond acceptors (Lipinski definition) is 7. The zero-order valence-corrected chi connectivity index (χ0v) is 19.5. The minimum absolute atomic E-state index is 0.195. The smallest absolute Gasteiger partial charge is 0.280 e. The molecule has 0 aliphatic rings. The number of halogens is 1. The van der Waals surface area contributed by atoms with Gasteiger partial charge in [-0.1, -0.05) is 12.1 Å². The van der Waals surface area contributed by atoms with Crippen LogP contribution in [0.5, 0.6) is 17.2 Å². The summed E-state index contributed by atoms with van der Waals surface area (Å²) in [5, 5.41) is 4.60. The third kappa shape index (κ3) is 3.76. The van der Waals surface area contributed by atoms with Crippen molar-refractivity contribution < 1.29 is 23.4 Å². The highest BCUT2D eigenvalue weighted by molar-refractivity contribution is 6.01. The maximum atomic E-state index is 13.3. The Kier molecular flexibility index (Phi) is 5.72. The van der Waals surface area contributed by atoms with Gasteiger partial charge in [0.15, 0.2) is 17.1 Å². The lowest BCUT2D eigenvalue weighted by Crippen LogP contribution is -2.33. The number of rotatable bonds is 6. The van der Waals surface area contributed by atoms with Gasteiger partial charge in [-0.3, -0.25) is 15.0 Å². The van der Waals surface area contributed by atoms with Gasteiger partial charge in [0.25, 0.3) is 11.5 Å². The first kappa shape index (κ1) is 22.8. The Morgan fingerprint density at radius 1 is 0.972 bits per heavy atom. The molecule has 3 aromatic heterocycles. The van der Waals surface area contributed by atoms with Crippen molar-refractivity contribution in [3.8, 4) is 28.4 Å². The van der Waals surface area contributed by atoms with Gasteiger partial charge in [-0.2, -0.15) is 5.10 Å². The second kappa shape index (κ2) is 9.02. The van der Waals surface area contributed by atoms with E-state index >= 15 is 0 Å². The molecule has 0 unspecified atom stereocenters. The summed E-state index contributed by atoms with van der Waals surface area (Å²) in [7, 11) is 4.34. The topological polar surface area (TPSA) is 109 Å². The Morgan fingerprint density at radius 2 is 1.67 bits per heavy atom. The number of benzene rings is 2. The van der Waals surface area contributed by atoms with Gasteiger partial charge in [0.1, 0.15) is 5.82 Å². The molecule has 5 aromatic rings. The van der Waals surface area contributed by atoms with Crippen LogP contribution in [0.2, 0.25) is 0 Å². The SMILES string of the molecule is COc1cc(C(=O)Nn2ccc3c(cnc4c(-c5ccc(F)cc5)cnn43)c2=O)cc(OC)c1OC. The van der Waals surface area contributed by atoms with Crippen molar-refractivity contribution in [1.82, 2.24) is 19.3 Å². The molecule has 0 atom stereocenters. The minimum atomic E-state index is -0.567. The quantitative estimate of drug-likeness (QED) is 0.390. The zero-order chi connectivity index (χ0) is 25.4. The van der Waals surface area contributed by atoms with Crippen LogP contribution in [-0.2, 0) is 0 Å². The van der Waals surface area contributed by atoms with E-state index in [4.69, 9.17) is 14.2 Å². The first-order chi connectivity index (χ1) is 17.4. The van der Waals surface area contributed by atoms with E-state index in [2.05, 4.69) is 15.5 Å². The van der Waals surface area contributed by atoms with Gasteiger partial charge < -0.3 is 14.2 Å². The molecule has 0 aliphatic heterocycles. The molecule has 0 spiro atoms. The minimum Gasteiger partial charge on any atom is -0.493 e. The fourth-order valence-electron chi connectivity index (χ4n) is 3.92. The highest BCUT2D eigenvalue weighted by Crippen LogP contribution is 2.38. The molecule has 0 fully saturated rings. The van der Waals surface area contributed by atoms with Crippen LogP contribution in [0.4, 0.5) is 4.39 Å². The van der Waals surface area contributed by atoms with E-state index in [-0.39, 0.29) is 16.8 Å². The molecule has 1 amide bonds. The number of carbonyl (C=O) groups excluding carboxylic acids is 1. The number of carbonyl (C=O) groups is 1. The number of pyridine rings is 1. The number of amides is 1. The third-order valence-corrected chi connectivity index (χ3v) is 5.70.